The minimum absolute atomic E-state index is 0.0817. The van der Waals surface area contributed by atoms with Gasteiger partial charge in [-0.05, 0) is 47.2 Å². The van der Waals surface area contributed by atoms with Crippen molar-refractivity contribution >= 4 is 11.7 Å². The van der Waals surface area contributed by atoms with E-state index in [4.69, 9.17) is 5.73 Å². The number of nitrogens with two attached hydrogens (primary N) is 1. The zero-order chi connectivity index (χ0) is 14.1. The van der Waals surface area contributed by atoms with Gasteiger partial charge < -0.3 is 10.8 Å². The second-order valence-corrected chi connectivity index (χ2v) is 5.31. The molecule has 3 heteroatoms. The van der Waals surface area contributed by atoms with E-state index in [1.54, 1.807) is 0 Å². The van der Waals surface area contributed by atoms with Crippen LogP contribution in [0.5, 0.6) is 0 Å². The molecule has 0 spiro atoms. The highest BCUT2D eigenvalue weighted by Crippen LogP contribution is 2.37. The Morgan fingerprint density at radius 1 is 1.10 bits per heavy atom. The van der Waals surface area contributed by atoms with Crippen LogP contribution in [0.1, 0.15) is 34.6 Å². The molecule has 0 radical (unpaired) electrons. The van der Waals surface area contributed by atoms with Crippen LogP contribution in [0.3, 0.4) is 0 Å². The lowest BCUT2D eigenvalue weighted by atomic mass is 9.85. The van der Waals surface area contributed by atoms with Gasteiger partial charge in [0.25, 0.3) is 0 Å². The average molecular weight is 267 g/mol. The zero-order valence-corrected chi connectivity index (χ0v) is 11.2. The van der Waals surface area contributed by atoms with E-state index in [0.29, 0.717) is 0 Å². The van der Waals surface area contributed by atoms with Crippen LogP contribution in [0.15, 0.2) is 42.5 Å². The molecule has 3 nitrogen and oxygen atoms in total. The summed E-state index contributed by atoms with van der Waals surface area (Å²) in [5, 5.41) is 9.24. The molecule has 0 fully saturated rings. The van der Waals surface area contributed by atoms with Crippen molar-refractivity contribution < 1.29 is 9.90 Å². The van der Waals surface area contributed by atoms with E-state index in [-0.39, 0.29) is 12.3 Å². The molecule has 102 valence electrons. The fourth-order valence-electron chi connectivity index (χ4n) is 3.12. The fourth-order valence-corrected chi connectivity index (χ4v) is 3.12. The third kappa shape index (κ3) is 2.27. The van der Waals surface area contributed by atoms with Gasteiger partial charge in [-0.15, -0.1) is 0 Å². The molecule has 0 aromatic heterocycles. The number of fused-ring (bicyclic) bond motifs is 2. The van der Waals surface area contributed by atoms with E-state index < -0.39 is 5.97 Å². The number of aliphatic carboxylic acids is 1. The molecule has 1 aliphatic rings. The Morgan fingerprint density at radius 3 is 2.60 bits per heavy atom. The Hall–Kier alpha value is -2.29. The smallest absolute Gasteiger partial charge is 0.304 e. The monoisotopic (exact) mass is 267 g/mol. The molecule has 0 heterocycles. The molecule has 2 aromatic carbocycles. The van der Waals surface area contributed by atoms with Gasteiger partial charge in [0, 0.05) is 11.6 Å². The van der Waals surface area contributed by atoms with Crippen LogP contribution in [0.4, 0.5) is 5.69 Å². The summed E-state index contributed by atoms with van der Waals surface area (Å²) in [6.45, 7) is 0. The molecular weight excluding hydrogens is 250 g/mol. The maximum Gasteiger partial charge on any atom is 0.304 e. The van der Waals surface area contributed by atoms with Gasteiger partial charge >= 0.3 is 5.97 Å². The van der Waals surface area contributed by atoms with Crippen LogP contribution >= 0.6 is 0 Å². The summed E-state index contributed by atoms with van der Waals surface area (Å²) >= 11 is 0. The van der Waals surface area contributed by atoms with E-state index in [2.05, 4.69) is 6.07 Å². The van der Waals surface area contributed by atoms with Crippen LogP contribution in [0.25, 0.3) is 0 Å². The molecule has 3 N–H and O–H groups in total. The number of rotatable bonds is 2. The lowest BCUT2D eigenvalue weighted by Gasteiger charge is -2.18. The summed E-state index contributed by atoms with van der Waals surface area (Å²) in [6.07, 6.45) is 1.96. The number of carbonyl (C=O) groups is 1. The number of benzene rings is 2. The number of aryl methyl sites for hydroxylation is 2. The summed E-state index contributed by atoms with van der Waals surface area (Å²) < 4.78 is 0. The van der Waals surface area contributed by atoms with Crippen LogP contribution in [-0.2, 0) is 17.6 Å². The lowest BCUT2D eigenvalue weighted by Crippen LogP contribution is -2.10. The van der Waals surface area contributed by atoms with Crippen molar-refractivity contribution in [3.05, 3.63) is 64.7 Å². The van der Waals surface area contributed by atoms with Crippen molar-refractivity contribution in [2.75, 3.05) is 5.73 Å². The first kappa shape index (κ1) is 12.7. The molecule has 20 heavy (non-hydrogen) atoms. The van der Waals surface area contributed by atoms with Gasteiger partial charge in [-0.3, -0.25) is 4.79 Å². The summed E-state index contributed by atoms with van der Waals surface area (Å²) in [5.74, 6) is -0.851. The Balaban J connectivity index is 2.16. The van der Waals surface area contributed by atoms with Crippen LogP contribution in [-0.4, -0.2) is 11.1 Å². The van der Waals surface area contributed by atoms with Crippen LogP contribution in [0, 0.1) is 0 Å². The van der Waals surface area contributed by atoms with Gasteiger partial charge in [-0.2, -0.15) is 0 Å². The topological polar surface area (TPSA) is 63.3 Å². The number of anilines is 1. The number of hydrogen-bond donors (Lipinski definition) is 2. The zero-order valence-electron chi connectivity index (χ0n) is 11.2. The number of hydrogen-bond acceptors (Lipinski definition) is 2. The quantitative estimate of drug-likeness (QED) is 0.822. The number of nitrogen functional groups attached to an aromatic ring is 1. The number of carboxylic acids is 1. The maximum atomic E-state index is 11.2. The highest BCUT2D eigenvalue weighted by atomic mass is 16.4. The molecule has 1 atom stereocenters. The largest absolute Gasteiger partial charge is 0.481 e. The first-order valence-corrected chi connectivity index (χ1v) is 6.83. The van der Waals surface area contributed by atoms with Gasteiger partial charge in [0.05, 0.1) is 6.42 Å². The van der Waals surface area contributed by atoms with E-state index in [1.807, 2.05) is 36.4 Å². The first-order valence-electron chi connectivity index (χ1n) is 6.83. The summed E-state index contributed by atoms with van der Waals surface area (Å²) in [6, 6.07) is 14.0. The second-order valence-electron chi connectivity index (χ2n) is 5.31. The van der Waals surface area contributed by atoms with Crippen molar-refractivity contribution in [3.63, 3.8) is 0 Å². The van der Waals surface area contributed by atoms with Gasteiger partial charge in [0.1, 0.15) is 0 Å². The van der Waals surface area contributed by atoms with Gasteiger partial charge in [0.15, 0.2) is 0 Å². The minimum atomic E-state index is -0.769. The Morgan fingerprint density at radius 2 is 1.80 bits per heavy atom. The average Bonchev–Trinajstić information content (AvgIpc) is 2.57. The number of carboxylic acid groups (broad SMARTS) is 1. The van der Waals surface area contributed by atoms with Crippen molar-refractivity contribution in [1.29, 1.82) is 0 Å². The minimum Gasteiger partial charge on any atom is -0.481 e. The standard InChI is InChI=1S/C17H17NO2/c18-13-7-8-15-12(9-13)6-5-11-3-1-2-4-14(11)16(15)10-17(19)20/h1-4,7-9,16H,5-6,10,18H2,(H,19,20). The van der Waals surface area contributed by atoms with Gasteiger partial charge in [-0.1, -0.05) is 30.3 Å². The predicted octanol–water partition coefficient (Wildman–Crippen LogP) is 2.97. The Kier molecular flexibility index (Phi) is 3.18. The molecule has 2 aromatic rings. The van der Waals surface area contributed by atoms with Crippen molar-refractivity contribution in [3.8, 4) is 0 Å². The Bertz CT molecular complexity index is 664. The lowest BCUT2D eigenvalue weighted by molar-refractivity contribution is -0.137. The van der Waals surface area contributed by atoms with Gasteiger partial charge in [0.2, 0.25) is 0 Å². The first-order chi connectivity index (χ1) is 9.65. The SMILES string of the molecule is Nc1ccc2c(c1)CCc1ccccc1C2CC(=O)O. The summed E-state index contributed by atoms with van der Waals surface area (Å²) in [5.41, 5.74) is 11.3. The Labute approximate surface area is 118 Å². The summed E-state index contributed by atoms with van der Waals surface area (Å²) in [7, 11) is 0. The summed E-state index contributed by atoms with van der Waals surface area (Å²) in [4.78, 5) is 11.2. The van der Waals surface area contributed by atoms with E-state index in [0.717, 1.165) is 29.7 Å². The molecule has 3 rings (SSSR count). The normalized spacial score (nSPS) is 16.9. The van der Waals surface area contributed by atoms with Gasteiger partial charge in [-0.25, -0.2) is 0 Å². The van der Waals surface area contributed by atoms with E-state index in [1.165, 1.54) is 11.1 Å². The van der Waals surface area contributed by atoms with Crippen molar-refractivity contribution in [1.82, 2.24) is 0 Å². The fraction of sp³-hybridized carbons (Fsp3) is 0.235. The highest BCUT2D eigenvalue weighted by Gasteiger charge is 2.25. The van der Waals surface area contributed by atoms with Crippen molar-refractivity contribution in [2.45, 2.75) is 25.2 Å². The van der Waals surface area contributed by atoms with E-state index in [9.17, 15) is 9.90 Å². The maximum absolute atomic E-state index is 11.2. The van der Waals surface area contributed by atoms with Crippen LogP contribution < -0.4 is 5.73 Å². The molecule has 0 aliphatic heterocycles. The third-order valence-electron chi connectivity index (χ3n) is 4.02. The molecule has 0 bridgehead atoms. The third-order valence-corrected chi connectivity index (χ3v) is 4.02. The van der Waals surface area contributed by atoms with Crippen molar-refractivity contribution in [2.24, 2.45) is 0 Å². The highest BCUT2D eigenvalue weighted by molar-refractivity contribution is 5.70. The molecule has 1 aliphatic carbocycles. The molecular formula is C17H17NO2. The second kappa shape index (κ2) is 5.00. The predicted molar refractivity (Wildman–Crippen MR) is 78.8 cm³/mol. The van der Waals surface area contributed by atoms with Crippen LogP contribution in [0.2, 0.25) is 0 Å². The molecule has 0 amide bonds. The van der Waals surface area contributed by atoms with E-state index >= 15 is 0 Å². The molecule has 0 saturated heterocycles. The molecule has 1 unspecified atom stereocenters. The molecule has 0 saturated carbocycles.